The van der Waals surface area contributed by atoms with Gasteiger partial charge in [0.2, 0.25) is 0 Å². The van der Waals surface area contributed by atoms with Crippen LogP contribution in [0, 0.1) is 0 Å². The Bertz CT molecular complexity index is 1010. The van der Waals surface area contributed by atoms with Crippen LogP contribution in [0.1, 0.15) is 46.6 Å². The number of pyridine rings is 1. The maximum atomic E-state index is 4.28. The zero-order chi connectivity index (χ0) is 17.1. The fraction of sp³-hybridized carbons (Fsp3) is 0.190. The van der Waals surface area contributed by atoms with E-state index in [2.05, 4.69) is 85.8 Å². The van der Waals surface area contributed by atoms with Crippen molar-refractivity contribution in [3.8, 4) is 0 Å². The number of nitrogens with zero attached hydrogens (tertiary/aromatic N) is 3. The maximum absolute atomic E-state index is 4.28. The summed E-state index contributed by atoms with van der Waals surface area (Å²) >= 11 is 0. The van der Waals surface area contributed by atoms with E-state index in [-0.39, 0.29) is 23.7 Å². The molecule has 27 heavy (non-hydrogen) atoms. The summed E-state index contributed by atoms with van der Waals surface area (Å²) in [6, 6.07) is 19.9. The number of H-pyrrole nitrogens is 2. The molecule has 134 valence electrons. The van der Waals surface area contributed by atoms with Gasteiger partial charge in [-0.2, -0.15) is 14.8 Å². The van der Waals surface area contributed by atoms with Gasteiger partial charge in [0.25, 0.3) is 0 Å². The minimum Gasteiger partial charge on any atom is -1.00 e. The number of fused-ring (bicyclic) bond motifs is 1. The van der Waals surface area contributed by atoms with Gasteiger partial charge >= 0.3 is 0 Å². The molecule has 1 aliphatic carbocycles. The smallest absolute Gasteiger partial charge is 0.190 e. The third-order valence-corrected chi connectivity index (χ3v) is 6.19. The van der Waals surface area contributed by atoms with E-state index in [4.69, 9.17) is 0 Å². The average molecular weight is 376 g/mol. The minimum atomic E-state index is -0.229. The van der Waals surface area contributed by atoms with Crippen molar-refractivity contribution < 1.29 is 17.0 Å². The molecule has 6 heteroatoms. The van der Waals surface area contributed by atoms with Crippen LogP contribution in [0.3, 0.4) is 0 Å². The lowest BCUT2D eigenvalue weighted by Gasteiger charge is -2.48. The minimum absolute atomic E-state index is 0. The zero-order valence-corrected chi connectivity index (χ0v) is 15.3. The van der Waals surface area contributed by atoms with Crippen LogP contribution in [-0.2, 0) is 5.41 Å². The van der Waals surface area contributed by atoms with Crippen LogP contribution in [0.4, 0.5) is 0 Å². The number of nitrogens with one attached hydrogen (secondary N) is 2. The quantitative estimate of drug-likeness (QED) is 0.479. The Balaban J connectivity index is 0.00000160. The van der Waals surface area contributed by atoms with E-state index in [9.17, 15) is 0 Å². The molecular weight excluding hydrogens is 358 g/mol. The fourth-order valence-corrected chi connectivity index (χ4v) is 5.22. The number of hydrogen-bond donors (Lipinski definition) is 2. The first kappa shape index (κ1) is 16.3. The Morgan fingerprint density at radius 3 is 2.19 bits per heavy atom. The van der Waals surface area contributed by atoms with Crippen molar-refractivity contribution in [2.75, 3.05) is 0 Å². The molecule has 0 amide bonds. The summed E-state index contributed by atoms with van der Waals surface area (Å²) in [4.78, 5) is 0. The summed E-state index contributed by atoms with van der Waals surface area (Å²) in [7, 11) is 0. The van der Waals surface area contributed by atoms with E-state index in [1.807, 2.05) is 12.4 Å². The number of aromatic amines is 2. The topological polar surface area (TPSA) is 61.2 Å². The van der Waals surface area contributed by atoms with Gasteiger partial charge in [-0.05, 0) is 17.7 Å². The van der Waals surface area contributed by atoms with Crippen molar-refractivity contribution >= 4 is 0 Å². The van der Waals surface area contributed by atoms with Crippen LogP contribution in [-0.4, -0.2) is 20.4 Å². The van der Waals surface area contributed by atoms with Crippen molar-refractivity contribution in [1.82, 2.24) is 20.4 Å². The summed E-state index contributed by atoms with van der Waals surface area (Å²) < 4.78 is 2.44. The molecule has 2 unspecified atom stereocenters. The molecular formula is C21H18ClN5. The molecule has 2 bridgehead atoms. The molecule has 4 aromatic rings. The number of hydrogen-bond acceptors (Lipinski definition) is 2. The van der Waals surface area contributed by atoms with E-state index < -0.39 is 0 Å². The van der Waals surface area contributed by atoms with E-state index in [0.717, 1.165) is 17.8 Å². The first-order valence-corrected chi connectivity index (χ1v) is 8.98. The summed E-state index contributed by atoms with van der Waals surface area (Å²) in [5, 5.41) is 15.1. The van der Waals surface area contributed by atoms with Crippen molar-refractivity contribution in [3.05, 3.63) is 101 Å². The van der Waals surface area contributed by atoms with Crippen LogP contribution >= 0.6 is 0 Å². The highest BCUT2D eigenvalue weighted by Crippen LogP contribution is 2.58. The van der Waals surface area contributed by atoms with Gasteiger partial charge in [0, 0.05) is 47.9 Å². The van der Waals surface area contributed by atoms with E-state index in [0.29, 0.717) is 6.04 Å². The molecule has 2 atom stereocenters. The van der Waals surface area contributed by atoms with Crippen molar-refractivity contribution in [3.63, 3.8) is 0 Å². The van der Waals surface area contributed by atoms with Gasteiger partial charge in [-0.3, -0.25) is 10.2 Å². The average Bonchev–Trinajstić information content (AvgIpc) is 3.42. The molecule has 2 aliphatic heterocycles. The molecule has 5 nitrogen and oxygen atoms in total. The second-order valence-corrected chi connectivity index (χ2v) is 7.23. The summed E-state index contributed by atoms with van der Waals surface area (Å²) in [6.07, 6.45) is 6.88. The molecule has 5 heterocycles. The fourth-order valence-electron chi connectivity index (χ4n) is 5.22. The van der Waals surface area contributed by atoms with E-state index in [1.54, 1.807) is 0 Å². The third-order valence-electron chi connectivity index (χ3n) is 6.19. The van der Waals surface area contributed by atoms with Crippen LogP contribution in [0.25, 0.3) is 0 Å². The third kappa shape index (κ3) is 1.97. The largest absolute Gasteiger partial charge is 1.00 e. The molecule has 3 aliphatic rings. The number of halogens is 1. The first-order valence-electron chi connectivity index (χ1n) is 8.98. The standard InChI is InChI=1S/C21H18N5.ClH/c1-2-6-15-14(5-1)17-13-21(18-8-10-22-24-18,19-9-11-23-25-19)20(15)16-7-3-4-12-26(16)17;/h1-12,17,20H,13H2,(H,22,24)(H,23,25);1H/q+1;/p-1. The Labute approximate surface area is 162 Å². The van der Waals surface area contributed by atoms with E-state index >= 15 is 0 Å². The van der Waals surface area contributed by atoms with Crippen LogP contribution < -0.4 is 17.0 Å². The molecule has 1 aromatic carbocycles. The van der Waals surface area contributed by atoms with Crippen LogP contribution in [0.2, 0.25) is 0 Å². The lowest BCUT2D eigenvalue weighted by molar-refractivity contribution is -0.732. The van der Waals surface area contributed by atoms with Crippen LogP contribution in [0.5, 0.6) is 0 Å². The van der Waals surface area contributed by atoms with E-state index in [1.165, 1.54) is 16.8 Å². The Morgan fingerprint density at radius 2 is 1.52 bits per heavy atom. The summed E-state index contributed by atoms with van der Waals surface area (Å²) in [6.45, 7) is 0. The molecule has 0 fully saturated rings. The van der Waals surface area contributed by atoms with Crippen molar-refractivity contribution in [2.45, 2.75) is 23.8 Å². The van der Waals surface area contributed by atoms with Gasteiger partial charge in [-0.25, -0.2) is 0 Å². The molecule has 0 spiro atoms. The first-order chi connectivity index (χ1) is 12.9. The molecule has 0 saturated carbocycles. The Kier molecular flexibility index (Phi) is 3.49. The summed E-state index contributed by atoms with van der Waals surface area (Å²) in [5.74, 6) is 0.200. The Morgan fingerprint density at radius 1 is 0.852 bits per heavy atom. The predicted octanol–water partition coefficient (Wildman–Crippen LogP) is -0.151. The highest BCUT2D eigenvalue weighted by atomic mass is 35.5. The maximum Gasteiger partial charge on any atom is 0.190 e. The highest BCUT2D eigenvalue weighted by molar-refractivity contribution is 5.51. The molecule has 0 saturated heterocycles. The van der Waals surface area contributed by atoms with Gasteiger partial charge in [-0.15, -0.1) is 0 Å². The molecule has 0 radical (unpaired) electrons. The summed E-state index contributed by atoms with van der Waals surface area (Å²) in [5.41, 5.74) is 6.22. The second-order valence-electron chi connectivity index (χ2n) is 7.23. The molecule has 2 N–H and O–H groups in total. The monoisotopic (exact) mass is 375 g/mol. The SMILES string of the molecule is [Cl-].c1ccc2c(c1)C1CC(c3ccn[nH]3)(c3ccn[nH]3)C2c2cccc[n+]21. The van der Waals surface area contributed by atoms with Crippen molar-refractivity contribution in [2.24, 2.45) is 0 Å². The van der Waals surface area contributed by atoms with Gasteiger partial charge in [0.05, 0.1) is 11.3 Å². The Hall–Kier alpha value is -2.92. The number of aromatic nitrogens is 5. The number of benzene rings is 1. The predicted molar refractivity (Wildman–Crippen MR) is 95.6 cm³/mol. The lowest BCUT2D eigenvalue weighted by Crippen LogP contribution is -3.00. The van der Waals surface area contributed by atoms with Gasteiger partial charge in [0.1, 0.15) is 0 Å². The van der Waals surface area contributed by atoms with Crippen molar-refractivity contribution in [1.29, 1.82) is 0 Å². The van der Waals surface area contributed by atoms with Gasteiger partial charge in [-0.1, -0.05) is 30.3 Å². The lowest BCUT2D eigenvalue weighted by atomic mass is 9.56. The zero-order valence-electron chi connectivity index (χ0n) is 14.5. The number of rotatable bonds is 2. The second kappa shape index (κ2) is 5.79. The van der Waals surface area contributed by atoms with Crippen LogP contribution in [0.15, 0.2) is 73.2 Å². The highest BCUT2D eigenvalue weighted by Gasteiger charge is 2.60. The molecule has 3 aromatic heterocycles. The normalized spacial score (nSPS) is 21.2. The van der Waals surface area contributed by atoms with Gasteiger partial charge < -0.3 is 12.4 Å². The van der Waals surface area contributed by atoms with Gasteiger partial charge in [0.15, 0.2) is 17.9 Å². The molecule has 7 rings (SSSR count).